The maximum Gasteiger partial charge on any atom is -0.0351 e. The van der Waals surface area contributed by atoms with E-state index in [1.54, 1.807) is 0 Å². The summed E-state index contributed by atoms with van der Waals surface area (Å²) >= 11 is 0. The molecule has 0 amide bonds. The maximum atomic E-state index is 3.74. The first kappa shape index (κ1) is 16.5. The monoisotopic (exact) mass is 236 g/mol. The lowest BCUT2D eigenvalue weighted by Gasteiger charge is -1.97. The highest BCUT2D eigenvalue weighted by Crippen LogP contribution is 2.08. The van der Waals surface area contributed by atoms with Crippen LogP contribution < -0.4 is 0 Å². The molecule has 0 aromatic carbocycles. The summed E-state index contributed by atoms with van der Waals surface area (Å²) in [6, 6.07) is 0. The van der Waals surface area contributed by atoms with Crippen molar-refractivity contribution >= 4 is 0 Å². The summed E-state index contributed by atoms with van der Waals surface area (Å²) in [6.45, 7) is 6.02. The number of allylic oxidation sites excluding steroid dienone is 3. The van der Waals surface area contributed by atoms with Crippen LogP contribution in [0.4, 0.5) is 0 Å². The maximum absolute atomic E-state index is 3.74. The number of unbranched alkanes of at least 4 members (excludes halogenated alkanes) is 10. The molecule has 0 aromatic heterocycles. The van der Waals surface area contributed by atoms with Crippen molar-refractivity contribution in [1.29, 1.82) is 0 Å². The smallest absolute Gasteiger partial charge is 0.0351 e. The fraction of sp³-hybridized carbons (Fsp3) is 0.765. The average molecular weight is 236 g/mol. The molecular formula is C17H32. The molecule has 0 rings (SSSR count). The Kier molecular flexibility index (Phi) is 15.0. The van der Waals surface area contributed by atoms with Gasteiger partial charge >= 0.3 is 0 Å². The van der Waals surface area contributed by atoms with E-state index < -0.39 is 0 Å². The van der Waals surface area contributed by atoms with E-state index in [0.29, 0.717) is 0 Å². The van der Waals surface area contributed by atoms with Crippen molar-refractivity contribution < 1.29 is 0 Å². The summed E-state index contributed by atoms with van der Waals surface area (Å²) in [4.78, 5) is 0. The second-order valence-electron chi connectivity index (χ2n) is 4.95. The summed E-state index contributed by atoms with van der Waals surface area (Å²) in [7, 11) is 0. The average Bonchev–Trinajstić information content (AvgIpc) is 2.35. The molecule has 0 radical (unpaired) electrons. The van der Waals surface area contributed by atoms with E-state index in [2.05, 4.69) is 25.7 Å². The Morgan fingerprint density at radius 2 is 1.12 bits per heavy atom. The quantitative estimate of drug-likeness (QED) is 0.255. The summed E-state index contributed by atoms with van der Waals surface area (Å²) in [5.41, 5.74) is 0. The topological polar surface area (TPSA) is 0 Å². The lowest BCUT2D eigenvalue weighted by Crippen LogP contribution is -1.77. The van der Waals surface area contributed by atoms with E-state index in [1.807, 2.05) is 6.08 Å². The zero-order chi connectivity index (χ0) is 12.6. The zero-order valence-corrected chi connectivity index (χ0v) is 11.9. The van der Waals surface area contributed by atoms with Crippen LogP contribution in [0.3, 0.4) is 0 Å². The third kappa shape index (κ3) is 15.5. The van der Waals surface area contributed by atoms with Crippen LogP contribution in [0.15, 0.2) is 24.8 Å². The first-order valence-corrected chi connectivity index (χ1v) is 7.67. The van der Waals surface area contributed by atoms with Crippen LogP contribution in [-0.4, -0.2) is 0 Å². The first-order chi connectivity index (χ1) is 8.41. The van der Waals surface area contributed by atoms with Gasteiger partial charge in [-0.2, -0.15) is 0 Å². The van der Waals surface area contributed by atoms with Crippen molar-refractivity contribution in [3.8, 4) is 0 Å². The molecule has 0 spiro atoms. The minimum Gasteiger partial charge on any atom is -0.103 e. The van der Waals surface area contributed by atoms with E-state index in [1.165, 1.54) is 77.0 Å². The van der Waals surface area contributed by atoms with Crippen LogP contribution >= 0.6 is 0 Å². The van der Waals surface area contributed by atoms with Gasteiger partial charge in [-0.05, 0) is 38.5 Å². The Morgan fingerprint density at radius 3 is 1.59 bits per heavy atom. The number of hydrogen-bond acceptors (Lipinski definition) is 0. The van der Waals surface area contributed by atoms with Crippen molar-refractivity contribution in [2.45, 2.75) is 84.0 Å². The summed E-state index contributed by atoms with van der Waals surface area (Å²) in [6.07, 6.45) is 23.0. The number of hydrogen-bond donors (Lipinski definition) is 0. The largest absolute Gasteiger partial charge is 0.103 e. The molecule has 0 aliphatic carbocycles. The molecule has 0 saturated carbocycles. The molecule has 0 bridgehead atoms. The second kappa shape index (κ2) is 15.5. The van der Waals surface area contributed by atoms with Crippen molar-refractivity contribution in [3.63, 3.8) is 0 Å². The lowest BCUT2D eigenvalue weighted by molar-refractivity contribution is 0.635. The van der Waals surface area contributed by atoms with Gasteiger partial charge in [0.15, 0.2) is 0 Å². The van der Waals surface area contributed by atoms with Gasteiger partial charge in [-0.1, -0.05) is 63.7 Å². The summed E-state index contributed by atoms with van der Waals surface area (Å²) < 4.78 is 0. The van der Waals surface area contributed by atoms with E-state index in [-0.39, 0.29) is 0 Å². The zero-order valence-electron chi connectivity index (χ0n) is 11.9. The van der Waals surface area contributed by atoms with Crippen molar-refractivity contribution in [2.75, 3.05) is 0 Å². The number of rotatable bonds is 13. The summed E-state index contributed by atoms with van der Waals surface area (Å²) in [5, 5.41) is 0. The minimum absolute atomic E-state index is 1.19. The molecule has 0 atom stereocenters. The molecule has 0 N–H and O–H groups in total. The highest BCUT2D eigenvalue weighted by molar-refractivity contribution is 4.81. The standard InChI is InChI=1S/C17H32/c1-3-5-7-9-11-13-15-17-16-14-12-10-8-6-4-2/h3,16-17H,1,4-15H2,2H3/b17-16-. The van der Waals surface area contributed by atoms with E-state index in [4.69, 9.17) is 0 Å². The molecule has 0 heterocycles. The highest BCUT2D eigenvalue weighted by Gasteiger charge is 1.88. The Labute approximate surface area is 109 Å². The molecule has 0 aliphatic rings. The predicted molar refractivity (Wildman–Crippen MR) is 80.4 cm³/mol. The van der Waals surface area contributed by atoms with Gasteiger partial charge in [0.2, 0.25) is 0 Å². The SMILES string of the molecule is C=CCCCCCC/C=C\CCCCCCC. The molecule has 0 heteroatoms. The molecule has 17 heavy (non-hydrogen) atoms. The molecular weight excluding hydrogens is 204 g/mol. The molecule has 0 fully saturated rings. The van der Waals surface area contributed by atoms with Gasteiger partial charge in [-0.15, -0.1) is 6.58 Å². The minimum atomic E-state index is 1.19. The first-order valence-electron chi connectivity index (χ1n) is 7.67. The molecule has 0 aliphatic heterocycles. The molecule has 100 valence electrons. The van der Waals surface area contributed by atoms with Gasteiger partial charge in [-0.3, -0.25) is 0 Å². The summed E-state index contributed by atoms with van der Waals surface area (Å²) in [5.74, 6) is 0. The Hall–Kier alpha value is -0.520. The molecule has 0 saturated heterocycles. The fourth-order valence-electron chi connectivity index (χ4n) is 2.01. The van der Waals surface area contributed by atoms with Gasteiger partial charge in [-0.25, -0.2) is 0 Å². The molecule has 0 nitrogen and oxygen atoms in total. The van der Waals surface area contributed by atoms with Crippen molar-refractivity contribution in [1.82, 2.24) is 0 Å². The Bertz CT molecular complexity index is 167. The van der Waals surface area contributed by atoms with Gasteiger partial charge in [0.05, 0.1) is 0 Å². The van der Waals surface area contributed by atoms with E-state index >= 15 is 0 Å². The van der Waals surface area contributed by atoms with Crippen molar-refractivity contribution in [3.05, 3.63) is 24.8 Å². The third-order valence-electron chi connectivity index (χ3n) is 3.17. The van der Waals surface area contributed by atoms with Crippen LogP contribution in [0, 0.1) is 0 Å². The van der Waals surface area contributed by atoms with Crippen LogP contribution in [0.25, 0.3) is 0 Å². The predicted octanol–water partition coefficient (Wildman–Crippen LogP) is 6.43. The normalized spacial score (nSPS) is 11.1. The molecule has 0 unspecified atom stereocenters. The van der Waals surface area contributed by atoms with Crippen molar-refractivity contribution in [2.24, 2.45) is 0 Å². The van der Waals surface area contributed by atoms with Gasteiger partial charge in [0, 0.05) is 0 Å². The van der Waals surface area contributed by atoms with Crippen LogP contribution in [0.5, 0.6) is 0 Å². The van der Waals surface area contributed by atoms with Gasteiger partial charge < -0.3 is 0 Å². The van der Waals surface area contributed by atoms with Crippen LogP contribution in [0.2, 0.25) is 0 Å². The highest BCUT2D eigenvalue weighted by atomic mass is 13.9. The Morgan fingerprint density at radius 1 is 0.647 bits per heavy atom. The van der Waals surface area contributed by atoms with Gasteiger partial charge in [0.25, 0.3) is 0 Å². The second-order valence-corrected chi connectivity index (χ2v) is 4.95. The fourth-order valence-corrected chi connectivity index (χ4v) is 2.01. The third-order valence-corrected chi connectivity index (χ3v) is 3.17. The van der Waals surface area contributed by atoms with Gasteiger partial charge in [0.1, 0.15) is 0 Å². The van der Waals surface area contributed by atoms with Crippen LogP contribution in [-0.2, 0) is 0 Å². The van der Waals surface area contributed by atoms with E-state index in [9.17, 15) is 0 Å². The van der Waals surface area contributed by atoms with Crippen LogP contribution in [0.1, 0.15) is 84.0 Å². The Balaban J connectivity index is 3.01. The lowest BCUT2D eigenvalue weighted by atomic mass is 10.1. The molecule has 0 aromatic rings. The van der Waals surface area contributed by atoms with E-state index in [0.717, 1.165) is 0 Å².